The van der Waals surface area contributed by atoms with Gasteiger partial charge in [-0.25, -0.2) is 4.79 Å². The minimum atomic E-state index is -0.631. The van der Waals surface area contributed by atoms with E-state index >= 15 is 0 Å². The molecule has 2 amide bonds. The third-order valence-electron chi connectivity index (χ3n) is 4.40. The maximum absolute atomic E-state index is 12.8. The van der Waals surface area contributed by atoms with Crippen molar-refractivity contribution in [3.63, 3.8) is 0 Å². The molecule has 26 heavy (non-hydrogen) atoms. The summed E-state index contributed by atoms with van der Waals surface area (Å²) in [4.78, 5) is 26.5. The van der Waals surface area contributed by atoms with E-state index in [1.807, 2.05) is 72.8 Å². The topological polar surface area (TPSA) is 58.6 Å². The Morgan fingerprint density at radius 2 is 1.77 bits per heavy atom. The first-order valence-corrected chi connectivity index (χ1v) is 8.60. The lowest BCUT2D eigenvalue weighted by Gasteiger charge is -2.27. The van der Waals surface area contributed by atoms with Crippen molar-refractivity contribution in [1.82, 2.24) is 10.2 Å². The van der Waals surface area contributed by atoms with Crippen LogP contribution in [0.15, 0.2) is 72.8 Å². The number of hydrogen-bond acceptors (Lipinski definition) is 3. The molecule has 0 bridgehead atoms. The molecule has 1 aliphatic rings. The van der Waals surface area contributed by atoms with E-state index in [0.717, 1.165) is 11.1 Å². The zero-order valence-corrected chi connectivity index (χ0v) is 14.7. The summed E-state index contributed by atoms with van der Waals surface area (Å²) in [5, 5.41) is 2.68. The molecule has 0 saturated heterocycles. The number of carbonyl (C=O) groups excluding carboxylic acids is 2. The highest BCUT2D eigenvalue weighted by Crippen LogP contribution is 2.24. The highest BCUT2D eigenvalue weighted by molar-refractivity contribution is 5.86. The summed E-state index contributed by atoms with van der Waals surface area (Å²) < 4.78 is 5.22. The van der Waals surface area contributed by atoms with Crippen molar-refractivity contribution in [2.45, 2.75) is 25.1 Å². The minimum absolute atomic E-state index is 0.138. The SMILES string of the molecule is CN1C(=O)[C@H](NC(=O)OCc2ccccc2)CC=C[C@@H]1c1ccccc1. The molecule has 0 spiro atoms. The van der Waals surface area contributed by atoms with Gasteiger partial charge in [-0.15, -0.1) is 0 Å². The molecule has 0 aromatic heterocycles. The first kappa shape index (κ1) is 17.7. The van der Waals surface area contributed by atoms with Crippen LogP contribution in [0.25, 0.3) is 0 Å². The van der Waals surface area contributed by atoms with Crippen LogP contribution in [0.1, 0.15) is 23.6 Å². The van der Waals surface area contributed by atoms with E-state index in [0.29, 0.717) is 6.42 Å². The molecule has 3 rings (SSSR count). The normalized spacial score (nSPS) is 19.7. The van der Waals surface area contributed by atoms with Gasteiger partial charge in [0, 0.05) is 7.05 Å². The van der Waals surface area contributed by atoms with Gasteiger partial charge in [-0.3, -0.25) is 4.79 Å². The number of hydrogen-bond donors (Lipinski definition) is 1. The molecule has 0 unspecified atom stereocenters. The smallest absolute Gasteiger partial charge is 0.408 e. The number of alkyl carbamates (subject to hydrolysis) is 1. The second-order valence-electron chi connectivity index (χ2n) is 6.23. The quantitative estimate of drug-likeness (QED) is 0.860. The fourth-order valence-corrected chi connectivity index (χ4v) is 2.97. The van der Waals surface area contributed by atoms with Crippen LogP contribution in [0.3, 0.4) is 0 Å². The summed E-state index contributed by atoms with van der Waals surface area (Å²) in [6.45, 7) is 0.173. The van der Waals surface area contributed by atoms with Crippen LogP contribution in [-0.2, 0) is 16.1 Å². The summed E-state index contributed by atoms with van der Waals surface area (Å²) in [7, 11) is 1.75. The molecule has 5 nitrogen and oxygen atoms in total. The van der Waals surface area contributed by atoms with Crippen LogP contribution in [0.5, 0.6) is 0 Å². The standard InChI is InChI=1S/C21H22N2O3/c1-23-19(17-11-6-3-7-12-17)14-8-13-18(20(23)24)22-21(25)26-15-16-9-4-2-5-10-16/h2-12,14,18-19H,13,15H2,1H3,(H,22,25)/t18-,19-/m1/s1. The highest BCUT2D eigenvalue weighted by atomic mass is 16.5. The molecule has 134 valence electrons. The van der Waals surface area contributed by atoms with Gasteiger partial charge < -0.3 is 15.0 Å². The molecular formula is C21H22N2O3. The number of rotatable bonds is 4. The Bertz CT molecular complexity index is 774. The fraction of sp³-hybridized carbons (Fsp3) is 0.238. The molecule has 0 fully saturated rings. The Labute approximate surface area is 153 Å². The molecule has 1 N–H and O–H groups in total. The lowest BCUT2D eigenvalue weighted by atomic mass is 10.1. The molecule has 1 aliphatic heterocycles. The van der Waals surface area contributed by atoms with Gasteiger partial charge in [-0.2, -0.15) is 0 Å². The lowest BCUT2D eigenvalue weighted by Crippen LogP contribution is -2.47. The second kappa shape index (κ2) is 8.34. The summed E-state index contributed by atoms with van der Waals surface area (Å²) in [5.41, 5.74) is 1.93. The van der Waals surface area contributed by atoms with Crippen molar-refractivity contribution in [3.05, 3.63) is 83.9 Å². The van der Waals surface area contributed by atoms with Gasteiger partial charge in [0.05, 0.1) is 6.04 Å². The van der Waals surface area contributed by atoms with E-state index in [-0.39, 0.29) is 18.6 Å². The Balaban J connectivity index is 1.60. The molecule has 0 radical (unpaired) electrons. The Hall–Kier alpha value is -3.08. The van der Waals surface area contributed by atoms with E-state index in [1.165, 1.54) is 0 Å². The zero-order valence-electron chi connectivity index (χ0n) is 14.7. The molecule has 0 saturated carbocycles. The van der Waals surface area contributed by atoms with Crippen LogP contribution in [-0.4, -0.2) is 30.0 Å². The Kier molecular flexibility index (Phi) is 5.69. The van der Waals surface area contributed by atoms with E-state index < -0.39 is 12.1 Å². The first-order valence-electron chi connectivity index (χ1n) is 8.60. The van der Waals surface area contributed by atoms with Gasteiger partial charge in [-0.1, -0.05) is 72.8 Å². The maximum atomic E-state index is 12.8. The van der Waals surface area contributed by atoms with Gasteiger partial charge in [0.2, 0.25) is 5.91 Å². The lowest BCUT2D eigenvalue weighted by molar-refractivity contribution is -0.133. The number of likely N-dealkylation sites (N-methyl/N-ethyl adjacent to an activating group) is 1. The summed E-state index contributed by atoms with van der Waals surface area (Å²) >= 11 is 0. The van der Waals surface area contributed by atoms with Crippen LogP contribution in [0.2, 0.25) is 0 Å². The molecule has 2 aromatic carbocycles. The maximum Gasteiger partial charge on any atom is 0.408 e. The summed E-state index contributed by atoms with van der Waals surface area (Å²) in [6.07, 6.45) is 3.77. The molecular weight excluding hydrogens is 328 g/mol. The number of nitrogens with zero attached hydrogens (tertiary/aromatic N) is 1. The number of nitrogens with one attached hydrogen (secondary N) is 1. The molecule has 2 atom stereocenters. The van der Waals surface area contributed by atoms with Crippen molar-refractivity contribution < 1.29 is 14.3 Å². The van der Waals surface area contributed by atoms with Gasteiger partial charge in [0.15, 0.2) is 0 Å². The number of amides is 2. The van der Waals surface area contributed by atoms with E-state index in [1.54, 1.807) is 11.9 Å². The van der Waals surface area contributed by atoms with E-state index in [2.05, 4.69) is 5.32 Å². The summed E-state index contributed by atoms with van der Waals surface area (Å²) in [6, 6.07) is 18.5. The zero-order chi connectivity index (χ0) is 18.4. The van der Waals surface area contributed by atoms with Gasteiger partial charge in [-0.05, 0) is 17.5 Å². The predicted octanol–water partition coefficient (Wildman–Crippen LogP) is 3.44. The molecule has 1 heterocycles. The van der Waals surface area contributed by atoms with E-state index in [9.17, 15) is 9.59 Å². The third kappa shape index (κ3) is 4.30. The van der Waals surface area contributed by atoms with Crippen molar-refractivity contribution in [3.8, 4) is 0 Å². The highest BCUT2D eigenvalue weighted by Gasteiger charge is 2.30. The average molecular weight is 350 g/mol. The number of ether oxygens (including phenoxy) is 1. The third-order valence-corrected chi connectivity index (χ3v) is 4.40. The van der Waals surface area contributed by atoms with Crippen molar-refractivity contribution in [1.29, 1.82) is 0 Å². The Morgan fingerprint density at radius 1 is 1.12 bits per heavy atom. The molecule has 0 aliphatic carbocycles. The average Bonchev–Trinajstić information content (AvgIpc) is 2.81. The van der Waals surface area contributed by atoms with Crippen LogP contribution < -0.4 is 5.32 Å². The fourth-order valence-electron chi connectivity index (χ4n) is 2.97. The minimum Gasteiger partial charge on any atom is -0.445 e. The molecule has 2 aromatic rings. The van der Waals surface area contributed by atoms with Gasteiger partial charge in [0.25, 0.3) is 0 Å². The summed E-state index contributed by atoms with van der Waals surface area (Å²) in [5.74, 6) is -0.138. The number of benzene rings is 2. The Morgan fingerprint density at radius 3 is 2.46 bits per heavy atom. The second-order valence-corrected chi connectivity index (χ2v) is 6.23. The first-order chi connectivity index (χ1) is 12.6. The van der Waals surface area contributed by atoms with Gasteiger partial charge in [0.1, 0.15) is 12.6 Å². The predicted molar refractivity (Wildman–Crippen MR) is 99.3 cm³/mol. The van der Waals surface area contributed by atoms with Gasteiger partial charge >= 0.3 is 6.09 Å². The van der Waals surface area contributed by atoms with Crippen molar-refractivity contribution in [2.24, 2.45) is 0 Å². The molecule has 5 heteroatoms. The van der Waals surface area contributed by atoms with Crippen LogP contribution in [0.4, 0.5) is 4.79 Å². The monoisotopic (exact) mass is 350 g/mol. The van der Waals surface area contributed by atoms with Crippen LogP contribution >= 0.6 is 0 Å². The van der Waals surface area contributed by atoms with Crippen molar-refractivity contribution >= 4 is 12.0 Å². The number of carbonyl (C=O) groups is 2. The van der Waals surface area contributed by atoms with E-state index in [4.69, 9.17) is 4.74 Å². The largest absolute Gasteiger partial charge is 0.445 e. The van der Waals surface area contributed by atoms with Crippen LogP contribution in [0, 0.1) is 0 Å². The van der Waals surface area contributed by atoms with Crippen molar-refractivity contribution in [2.75, 3.05) is 7.05 Å².